The van der Waals surface area contributed by atoms with Gasteiger partial charge in [-0.25, -0.2) is 4.98 Å². The number of aromatic nitrogens is 3. The monoisotopic (exact) mass is 483 g/mol. The molecule has 0 saturated heterocycles. The summed E-state index contributed by atoms with van der Waals surface area (Å²) in [5, 5.41) is 15.1. The van der Waals surface area contributed by atoms with Crippen molar-refractivity contribution in [3.05, 3.63) is 65.2 Å². The number of hydrogen-bond acceptors (Lipinski definition) is 9. The zero-order chi connectivity index (χ0) is 22.5. The second-order valence-electron chi connectivity index (χ2n) is 6.83. The molecule has 0 atom stereocenters. The van der Waals surface area contributed by atoms with Gasteiger partial charge in [0.05, 0.1) is 18.5 Å². The SMILES string of the molecule is COc1cccc(Nc2nnc(SCc3csc(N(C(C)=O)c4cccc(C)c4)n3)s2)c1. The number of ether oxygens (including phenoxy) is 1. The maximum Gasteiger partial charge on any atom is 0.230 e. The molecule has 4 rings (SSSR count). The third kappa shape index (κ3) is 5.45. The zero-order valence-corrected chi connectivity index (χ0v) is 20.2. The number of amides is 1. The molecule has 0 unspecified atom stereocenters. The Labute approximate surface area is 198 Å². The molecule has 0 bridgehead atoms. The molecule has 1 amide bonds. The van der Waals surface area contributed by atoms with Crippen molar-refractivity contribution in [2.75, 3.05) is 17.3 Å². The van der Waals surface area contributed by atoms with E-state index >= 15 is 0 Å². The molecule has 0 spiro atoms. The van der Waals surface area contributed by atoms with Crippen LogP contribution in [0.1, 0.15) is 18.2 Å². The summed E-state index contributed by atoms with van der Waals surface area (Å²) in [5.41, 5.74) is 3.70. The normalized spacial score (nSPS) is 10.7. The van der Waals surface area contributed by atoms with Gasteiger partial charge in [-0.05, 0) is 36.8 Å². The first-order chi connectivity index (χ1) is 15.5. The van der Waals surface area contributed by atoms with Crippen LogP contribution in [0.25, 0.3) is 0 Å². The number of thioether (sulfide) groups is 1. The minimum atomic E-state index is -0.0680. The van der Waals surface area contributed by atoms with E-state index in [2.05, 4.69) is 20.5 Å². The summed E-state index contributed by atoms with van der Waals surface area (Å²) >= 11 is 4.50. The Morgan fingerprint density at radius 1 is 1.19 bits per heavy atom. The van der Waals surface area contributed by atoms with Crippen molar-refractivity contribution in [3.8, 4) is 5.75 Å². The van der Waals surface area contributed by atoms with Crippen LogP contribution in [0, 0.1) is 6.92 Å². The molecule has 0 aliphatic rings. The number of hydrogen-bond donors (Lipinski definition) is 1. The van der Waals surface area contributed by atoms with Gasteiger partial charge in [0, 0.05) is 29.8 Å². The number of thiazole rings is 1. The van der Waals surface area contributed by atoms with Gasteiger partial charge in [-0.1, -0.05) is 41.3 Å². The van der Waals surface area contributed by atoms with Crippen molar-refractivity contribution in [2.24, 2.45) is 0 Å². The second-order valence-corrected chi connectivity index (χ2v) is 9.87. The molecular weight excluding hydrogens is 462 g/mol. The van der Waals surface area contributed by atoms with Crippen LogP contribution < -0.4 is 15.0 Å². The Hall–Kier alpha value is -2.95. The zero-order valence-electron chi connectivity index (χ0n) is 17.7. The minimum absolute atomic E-state index is 0.0680. The van der Waals surface area contributed by atoms with Crippen LogP contribution >= 0.6 is 34.4 Å². The van der Waals surface area contributed by atoms with Gasteiger partial charge < -0.3 is 10.1 Å². The summed E-state index contributed by atoms with van der Waals surface area (Å²) in [6.45, 7) is 3.56. The average molecular weight is 484 g/mol. The molecule has 0 aliphatic heterocycles. The number of benzene rings is 2. The fourth-order valence-corrected chi connectivity index (χ4v) is 5.59. The highest BCUT2D eigenvalue weighted by atomic mass is 32.2. The van der Waals surface area contributed by atoms with E-state index in [1.807, 2.05) is 60.8 Å². The Bertz CT molecular complexity index is 1220. The lowest BCUT2D eigenvalue weighted by Crippen LogP contribution is -2.22. The van der Waals surface area contributed by atoms with Gasteiger partial charge in [-0.2, -0.15) is 0 Å². The van der Waals surface area contributed by atoms with Gasteiger partial charge in [0.25, 0.3) is 0 Å². The lowest BCUT2D eigenvalue weighted by atomic mass is 10.2. The Morgan fingerprint density at radius 3 is 2.81 bits per heavy atom. The predicted octanol–water partition coefficient (Wildman–Crippen LogP) is 6.03. The number of methoxy groups -OCH3 is 1. The number of aryl methyl sites for hydroxylation is 1. The predicted molar refractivity (Wildman–Crippen MR) is 132 cm³/mol. The molecule has 4 aromatic rings. The van der Waals surface area contributed by atoms with Gasteiger partial charge in [0.1, 0.15) is 5.75 Å². The smallest absolute Gasteiger partial charge is 0.230 e. The van der Waals surface area contributed by atoms with Crippen LogP contribution in [0.5, 0.6) is 5.75 Å². The standard InChI is InChI=1S/C22H21N5O2S3/c1-14-6-4-8-18(10-14)27(15(2)28)21-24-17(12-30-21)13-31-22-26-25-20(32-22)23-16-7-5-9-19(11-16)29-3/h4-12H,13H2,1-3H3,(H,23,25). The fourth-order valence-electron chi connectivity index (χ4n) is 2.94. The first kappa shape index (κ1) is 22.3. The van der Waals surface area contributed by atoms with E-state index in [1.165, 1.54) is 22.7 Å². The van der Waals surface area contributed by atoms with E-state index in [9.17, 15) is 4.79 Å². The molecule has 32 heavy (non-hydrogen) atoms. The molecule has 2 heterocycles. The van der Waals surface area contributed by atoms with Gasteiger partial charge in [0.15, 0.2) is 9.47 Å². The molecule has 1 N–H and O–H groups in total. The summed E-state index contributed by atoms with van der Waals surface area (Å²) in [6, 6.07) is 15.5. The lowest BCUT2D eigenvalue weighted by Gasteiger charge is -2.18. The fraction of sp³-hybridized carbons (Fsp3) is 0.182. The molecule has 7 nitrogen and oxygen atoms in total. The first-order valence-corrected chi connectivity index (χ1v) is 12.4. The number of nitrogens with zero attached hydrogens (tertiary/aromatic N) is 4. The van der Waals surface area contributed by atoms with E-state index in [0.29, 0.717) is 16.0 Å². The minimum Gasteiger partial charge on any atom is -0.497 e. The van der Waals surface area contributed by atoms with Crippen molar-refractivity contribution in [2.45, 2.75) is 23.9 Å². The average Bonchev–Trinajstić information content (AvgIpc) is 3.42. The molecule has 0 radical (unpaired) electrons. The Kier molecular flexibility index (Phi) is 7.03. The highest BCUT2D eigenvalue weighted by molar-refractivity contribution is 8.00. The second kappa shape index (κ2) is 10.1. The van der Waals surface area contributed by atoms with Crippen molar-refractivity contribution in [1.82, 2.24) is 15.2 Å². The van der Waals surface area contributed by atoms with Crippen molar-refractivity contribution >= 4 is 62.0 Å². The topological polar surface area (TPSA) is 80.2 Å². The van der Waals surface area contributed by atoms with Crippen LogP contribution in [0.2, 0.25) is 0 Å². The van der Waals surface area contributed by atoms with Crippen molar-refractivity contribution in [1.29, 1.82) is 0 Å². The maximum atomic E-state index is 12.3. The highest BCUT2D eigenvalue weighted by Gasteiger charge is 2.18. The molecule has 10 heteroatoms. The number of carbonyl (C=O) groups is 1. The summed E-state index contributed by atoms with van der Waals surface area (Å²) < 4.78 is 6.09. The number of nitrogens with one attached hydrogen (secondary N) is 1. The van der Waals surface area contributed by atoms with E-state index in [4.69, 9.17) is 4.74 Å². The van der Waals surface area contributed by atoms with E-state index in [0.717, 1.165) is 32.7 Å². The molecule has 164 valence electrons. The third-order valence-electron chi connectivity index (χ3n) is 4.38. The number of rotatable bonds is 8. The summed E-state index contributed by atoms with van der Waals surface area (Å²) in [5.74, 6) is 1.35. The van der Waals surface area contributed by atoms with Gasteiger partial charge in [0.2, 0.25) is 11.0 Å². The van der Waals surface area contributed by atoms with Crippen LogP contribution in [0.4, 0.5) is 21.6 Å². The summed E-state index contributed by atoms with van der Waals surface area (Å²) in [4.78, 5) is 18.6. The Balaban J connectivity index is 1.40. The Morgan fingerprint density at radius 2 is 2.03 bits per heavy atom. The van der Waals surface area contributed by atoms with Crippen LogP contribution in [-0.4, -0.2) is 28.2 Å². The van der Waals surface area contributed by atoms with Crippen LogP contribution in [-0.2, 0) is 10.5 Å². The van der Waals surface area contributed by atoms with Gasteiger partial charge in [-0.3, -0.25) is 9.69 Å². The largest absolute Gasteiger partial charge is 0.497 e. The number of carbonyl (C=O) groups excluding carboxylic acids is 1. The quantitative estimate of drug-likeness (QED) is 0.306. The molecule has 2 aromatic carbocycles. The first-order valence-electron chi connectivity index (χ1n) is 9.71. The molecular formula is C22H21N5O2S3. The van der Waals surface area contributed by atoms with Crippen molar-refractivity contribution in [3.63, 3.8) is 0 Å². The molecule has 0 fully saturated rings. The molecule has 0 saturated carbocycles. The summed E-state index contributed by atoms with van der Waals surface area (Å²) in [6.07, 6.45) is 0. The van der Waals surface area contributed by atoms with E-state index < -0.39 is 0 Å². The summed E-state index contributed by atoms with van der Waals surface area (Å²) in [7, 11) is 1.64. The van der Waals surface area contributed by atoms with Crippen LogP contribution in [0.15, 0.2) is 58.3 Å². The van der Waals surface area contributed by atoms with Crippen LogP contribution in [0.3, 0.4) is 0 Å². The molecule has 2 aromatic heterocycles. The van der Waals surface area contributed by atoms with E-state index in [-0.39, 0.29) is 5.91 Å². The lowest BCUT2D eigenvalue weighted by molar-refractivity contribution is -0.115. The van der Waals surface area contributed by atoms with Gasteiger partial charge >= 0.3 is 0 Å². The van der Waals surface area contributed by atoms with E-state index in [1.54, 1.807) is 30.7 Å². The maximum absolute atomic E-state index is 12.3. The van der Waals surface area contributed by atoms with Crippen molar-refractivity contribution < 1.29 is 9.53 Å². The molecule has 0 aliphatic carbocycles. The highest BCUT2D eigenvalue weighted by Crippen LogP contribution is 2.33. The number of anilines is 4. The van der Waals surface area contributed by atoms with Gasteiger partial charge in [-0.15, -0.1) is 21.5 Å². The third-order valence-corrected chi connectivity index (χ3v) is 7.26.